The number of benzene rings is 1. The first-order chi connectivity index (χ1) is 9.72. The van der Waals surface area contributed by atoms with Crippen molar-refractivity contribution in [1.29, 1.82) is 0 Å². The molecule has 0 fully saturated rings. The minimum atomic E-state index is 0.0764. The van der Waals surface area contributed by atoms with Crippen LogP contribution >= 0.6 is 0 Å². The van der Waals surface area contributed by atoms with Crippen molar-refractivity contribution in [1.82, 2.24) is 14.3 Å². The van der Waals surface area contributed by atoms with Crippen molar-refractivity contribution in [2.24, 2.45) is 7.05 Å². The summed E-state index contributed by atoms with van der Waals surface area (Å²) in [6.07, 6.45) is 3.03. The number of fused-ring (bicyclic) bond motifs is 1. The van der Waals surface area contributed by atoms with Crippen molar-refractivity contribution in [3.05, 3.63) is 53.5 Å². The maximum absolute atomic E-state index is 9.39. The minimum absolute atomic E-state index is 0.0764. The molecule has 3 rings (SSSR count). The molecule has 4 nitrogen and oxygen atoms in total. The van der Waals surface area contributed by atoms with Gasteiger partial charge in [0, 0.05) is 24.1 Å². The van der Waals surface area contributed by atoms with Gasteiger partial charge in [-0.05, 0) is 30.2 Å². The fourth-order valence-corrected chi connectivity index (χ4v) is 2.63. The lowest BCUT2D eigenvalue weighted by atomic mass is 10.1. The fourth-order valence-electron chi connectivity index (χ4n) is 2.63. The van der Waals surface area contributed by atoms with Gasteiger partial charge in [-0.15, -0.1) is 0 Å². The molecule has 3 aromatic rings. The van der Waals surface area contributed by atoms with Crippen LogP contribution in [0.1, 0.15) is 23.9 Å². The van der Waals surface area contributed by atoms with Crippen molar-refractivity contribution in [3.63, 3.8) is 0 Å². The smallest absolute Gasteiger partial charge is 0.0688 e. The van der Waals surface area contributed by atoms with E-state index in [9.17, 15) is 5.11 Å². The molecule has 0 spiro atoms. The Morgan fingerprint density at radius 2 is 2.10 bits per heavy atom. The third kappa shape index (κ3) is 2.12. The van der Waals surface area contributed by atoms with E-state index in [2.05, 4.69) is 41.0 Å². The normalized spacial score (nSPS) is 11.3. The Bertz CT molecular complexity index is 739. The number of aliphatic hydroxyl groups is 1. The second kappa shape index (κ2) is 5.13. The van der Waals surface area contributed by atoms with Gasteiger partial charge in [0.2, 0.25) is 0 Å². The Labute approximate surface area is 118 Å². The van der Waals surface area contributed by atoms with Gasteiger partial charge in [0.1, 0.15) is 0 Å². The number of aryl methyl sites for hydroxylation is 2. The molecule has 0 aliphatic carbocycles. The predicted octanol–water partition coefficient (Wildman–Crippen LogP) is 2.48. The van der Waals surface area contributed by atoms with Crippen molar-refractivity contribution in [2.45, 2.75) is 26.5 Å². The number of aromatic nitrogens is 3. The van der Waals surface area contributed by atoms with Gasteiger partial charge < -0.3 is 9.67 Å². The average Bonchev–Trinajstić information content (AvgIpc) is 3.03. The number of rotatable bonds is 4. The van der Waals surface area contributed by atoms with E-state index in [1.165, 1.54) is 5.69 Å². The molecule has 0 aliphatic heterocycles. The summed E-state index contributed by atoms with van der Waals surface area (Å²) in [6.45, 7) is 2.99. The first-order valence-electron chi connectivity index (χ1n) is 6.92. The molecular weight excluding hydrogens is 250 g/mol. The van der Waals surface area contributed by atoms with Gasteiger partial charge in [-0.3, -0.25) is 4.68 Å². The Balaban J connectivity index is 2.00. The Morgan fingerprint density at radius 1 is 1.25 bits per heavy atom. The molecule has 2 aromatic heterocycles. The number of hydrogen-bond donors (Lipinski definition) is 1. The summed E-state index contributed by atoms with van der Waals surface area (Å²) < 4.78 is 4.14. The zero-order valence-corrected chi connectivity index (χ0v) is 11.9. The second-order valence-corrected chi connectivity index (χ2v) is 5.06. The zero-order chi connectivity index (χ0) is 14.1. The second-order valence-electron chi connectivity index (χ2n) is 5.06. The van der Waals surface area contributed by atoms with Gasteiger partial charge >= 0.3 is 0 Å². The molecule has 0 bridgehead atoms. The van der Waals surface area contributed by atoms with Crippen LogP contribution in [0.2, 0.25) is 0 Å². The third-order valence-electron chi connectivity index (χ3n) is 3.80. The molecule has 20 heavy (non-hydrogen) atoms. The van der Waals surface area contributed by atoms with Gasteiger partial charge in [-0.2, -0.15) is 5.10 Å². The van der Waals surface area contributed by atoms with Crippen molar-refractivity contribution in [2.75, 3.05) is 0 Å². The molecule has 104 valence electrons. The third-order valence-corrected chi connectivity index (χ3v) is 3.80. The topological polar surface area (TPSA) is 43.0 Å². The molecule has 1 aromatic carbocycles. The Morgan fingerprint density at radius 3 is 2.80 bits per heavy atom. The van der Waals surface area contributed by atoms with Crippen LogP contribution in [0.25, 0.3) is 10.9 Å². The molecule has 0 saturated heterocycles. The van der Waals surface area contributed by atoms with Gasteiger partial charge in [-0.1, -0.05) is 19.1 Å². The van der Waals surface area contributed by atoms with Crippen LogP contribution in [0.15, 0.2) is 36.5 Å². The van der Waals surface area contributed by atoms with E-state index in [-0.39, 0.29) is 6.61 Å². The molecule has 4 heteroatoms. The van der Waals surface area contributed by atoms with Crippen LogP contribution in [0.3, 0.4) is 0 Å². The molecule has 0 saturated carbocycles. The molecule has 0 amide bonds. The summed E-state index contributed by atoms with van der Waals surface area (Å²) in [4.78, 5) is 0. The highest BCUT2D eigenvalue weighted by Gasteiger charge is 2.08. The van der Waals surface area contributed by atoms with Crippen molar-refractivity contribution >= 4 is 10.9 Å². The monoisotopic (exact) mass is 269 g/mol. The van der Waals surface area contributed by atoms with Crippen LogP contribution < -0.4 is 0 Å². The maximum atomic E-state index is 9.39. The maximum Gasteiger partial charge on any atom is 0.0688 e. The quantitative estimate of drug-likeness (QED) is 0.790. The lowest BCUT2D eigenvalue weighted by Crippen LogP contribution is -2.04. The molecule has 1 N–H and O–H groups in total. The van der Waals surface area contributed by atoms with Gasteiger partial charge in [0.15, 0.2) is 0 Å². The van der Waals surface area contributed by atoms with Crippen molar-refractivity contribution in [3.8, 4) is 0 Å². The Kier molecular flexibility index (Phi) is 3.32. The van der Waals surface area contributed by atoms with Gasteiger partial charge in [0.05, 0.1) is 24.5 Å². The highest BCUT2D eigenvalue weighted by molar-refractivity contribution is 5.83. The highest BCUT2D eigenvalue weighted by Crippen LogP contribution is 2.21. The van der Waals surface area contributed by atoms with E-state index >= 15 is 0 Å². The molecule has 0 aliphatic rings. The zero-order valence-electron chi connectivity index (χ0n) is 11.9. The SMILES string of the molecule is CCc1cc(Cn2ccc3c(CO)cccc32)n(C)n1. The molecule has 0 radical (unpaired) electrons. The standard InChI is InChI=1S/C16H19N3O/c1-3-13-9-14(18(2)17-13)10-19-8-7-15-12(11-20)5-4-6-16(15)19/h4-9,20H,3,10-11H2,1-2H3. The molecular formula is C16H19N3O. The Hall–Kier alpha value is -2.07. The summed E-state index contributed by atoms with van der Waals surface area (Å²) in [6, 6.07) is 10.3. The highest BCUT2D eigenvalue weighted by atomic mass is 16.3. The first-order valence-corrected chi connectivity index (χ1v) is 6.92. The van der Waals surface area contributed by atoms with E-state index < -0.39 is 0 Å². The summed E-state index contributed by atoms with van der Waals surface area (Å²) in [7, 11) is 1.99. The van der Waals surface area contributed by atoms with Crippen LogP contribution in [0, 0.1) is 0 Å². The van der Waals surface area contributed by atoms with Gasteiger partial charge in [0.25, 0.3) is 0 Å². The van der Waals surface area contributed by atoms with E-state index in [1.54, 1.807) is 0 Å². The largest absolute Gasteiger partial charge is 0.392 e. The average molecular weight is 269 g/mol. The van der Waals surface area contributed by atoms with Crippen LogP contribution in [-0.4, -0.2) is 19.5 Å². The van der Waals surface area contributed by atoms with E-state index in [0.29, 0.717) is 0 Å². The first kappa shape index (κ1) is 12.9. The number of hydrogen-bond acceptors (Lipinski definition) is 2. The fraction of sp³-hybridized carbons (Fsp3) is 0.312. The minimum Gasteiger partial charge on any atom is -0.392 e. The summed E-state index contributed by atoms with van der Waals surface area (Å²) >= 11 is 0. The molecule has 0 atom stereocenters. The lowest BCUT2D eigenvalue weighted by molar-refractivity contribution is 0.283. The predicted molar refractivity (Wildman–Crippen MR) is 79.5 cm³/mol. The molecule has 2 heterocycles. The van der Waals surface area contributed by atoms with Crippen LogP contribution in [0.4, 0.5) is 0 Å². The van der Waals surface area contributed by atoms with E-state index in [0.717, 1.165) is 35.1 Å². The van der Waals surface area contributed by atoms with Gasteiger partial charge in [-0.25, -0.2) is 0 Å². The lowest BCUT2D eigenvalue weighted by Gasteiger charge is -2.06. The summed E-state index contributed by atoms with van der Waals surface area (Å²) in [5.74, 6) is 0. The van der Waals surface area contributed by atoms with Crippen LogP contribution in [-0.2, 0) is 26.6 Å². The van der Waals surface area contributed by atoms with E-state index in [4.69, 9.17) is 0 Å². The van der Waals surface area contributed by atoms with E-state index in [1.807, 2.05) is 23.9 Å². The summed E-state index contributed by atoms with van der Waals surface area (Å²) in [5.41, 5.74) is 4.43. The molecule has 0 unspecified atom stereocenters. The van der Waals surface area contributed by atoms with Crippen LogP contribution in [0.5, 0.6) is 0 Å². The number of nitrogens with zero attached hydrogens (tertiary/aromatic N) is 3. The van der Waals surface area contributed by atoms with Crippen molar-refractivity contribution < 1.29 is 5.11 Å². The number of aliphatic hydroxyl groups excluding tert-OH is 1. The summed E-state index contributed by atoms with van der Waals surface area (Å²) in [5, 5.41) is 15.0.